The van der Waals surface area contributed by atoms with Crippen molar-refractivity contribution in [3.63, 3.8) is 0 Å². The van der Waals surface area contributed by atoms with E-state index in [1.807, 2.05) is 0 Å². The molecule has 0 radical (unpaired) electrons. The van der Waals surface area contributed by atoms with E-state index in [2.05, 4.69) is 38.6 Å². The topological polar surface area (TPSA) is 42.8 Å². The van der Waals surface area contributed by atoms with Gasteiger partial charge in [0.2, 0.25) is 0 Å². The van der Waals surface area contributed by atoms with E-state index in [-0.39, 0.29) is 5.66 Å². The Morgan fingerprint density at radius 2 is 1.68 bits per heavy atom. The number of benzene rings is 1. The number of hydrogen-bond donors (Lipinski definition) is 0. The number of imidazole rings is 1. The monoisotopic (exact) mass is 382 g/mol. The molecule has 0 spiro atoms. The molecule has 6 nitrogen and oxygen atoms in total. The van der Waals surface area contributed by atoms with Gasteiger partial charge in [0, 0.05) is 32.1 Å². The summed E-state index contributed by atoms with van der Waals surface area (Å²) in [6.07, 6.45) is 5.15. The largest absolute Gasteiger partial charge is 0.379 e. The zero-order valence-corrected chi connectivity index (χ0v) is 16.6. The molecule has 2 saturated heterocycles. The van der Waals surface area contributed by atoms with Gasteiger partial charge in [-0.1, -0.05) is 18.6 Å². The van der Waals surface area contributed by atoms with Gasteiger partial charge in [0.1, 0.15) is 11.5 Å². The van der Waals surface area contributed by atoms with Crippen molar-refractivity contribution in [1.29, 1.82) is 0 Å². The van der Waals surface area contributed by atoms with Crippen LogP contribution in [0.4, 0.5) is 0 Å². The molecule has 0 N–H and O–H groups in total. The maximum Gasteiger partial charge on any atom is 0.129 e. The van der Waals surface area contributed by atoms with Gasteiger partial charge in [-0.25, -0.2) is 4.98 Å². The number of rotatable bonds is 2. The zero-order valence-electron chi connectivity index (χ0n) is 16.6. The highest BCUT2D eigenvalue weighted by Crippen LogP contribution is 2.57. The Labute approximate surface area is 166 Å². The van der Waals surface area contributed by atoms with Gasteiger partial charge in [0.05, 0.1) is 43.5 Å². The molecule has 1 aromatic carbocycles. The van der Waals surface area contributed by atoms with Crippen LogP contribution in [0.25, 0.3) is 11.0 Å². The minimum atomic E-state index is 0.0520. The summed E-state index contributed by atoms with van der Waals surface area (Å²) >= 11 is 0. The van der Waals surface area contributed by atoms with Crippen molar-refractivity contribution in [3.05, 3.63) is 30.1 Å². The first-order valence-corrected chi connectivity index (χ1v) is 11.0. The van der Waals surface area contributed by atoms with Crippen LogP contribution in [0.5, 0.6) is 0 Å². The molecule has 3 aliphatic heterocycles. The molecular weight excluding hydrogens is 352 g/mol. The summed E-state index contributed by atoms with van der Waals surface area (Å²) in [5.74, 6) is 1.89. The van der Waals surface area contributed by atoms with Crippen LogP contribution in [0.3, 0.4) is 0 Å². The Morgan fingerprint density at radius 3 is 2.50 bits per heavy atom. The summed E-state index contributed by atoms with van der Waals surface area (Å²) in [4.78, 5) is 10.7. The van der Waals surface area contributed by atoms with Gasteiger partial charge in [-0.05, 0) is 31.4 Å². The number of nitrogens with zero attached hydrogens (tertiary/aromatic N) is 4. The van der Waals surface area contributed by atoms with Gasteiger partial charge in [0.25, 0.3) is 0 Å². The summed E-state index contributed by atoms with van der Waals surface area (Å²) in [5, 5.41) is 0. The maximum atomic E-state index is 5.74. The van der Waals surface area contributed by atoms with Crippen molar-refractivity contribution in [2.75, 3.05) is 52.6 Å². The standard InChI is InChI=1S/C22H30N4O2/c1-2-7-19-18(6-1)23-21-20(24-9-13-27-14-10-24)17-5-3-4-8-22(17,26(19)21)25-11-15-28-16-12-25/h1-2,6-7,17,20H,3-5,8-16H2/t17-,20-,22-/m1/s1. The summed E-state index contributed by atoms with van der Waals surface area (Å²) in [6, 6.07) is 9.15. The van der Waals surface area contributed by atoms with Crippen molar-refractivity contribution in [3.8, 4) is 0 Å². The Kier molecular flexibility index (Phi) is 4.22. The molecule has 28 heavy (non-hydrogen) atoms. The van der Waals surface area contributed by atoms with E-state index < -0.39 is 0 Å². The lowest BCUT2D eigenvalue weighted by Gasteiger charge is -2.52. The predicted octanol–water partition coefficient (Wildman–Crippen LogP) is 2.60. The zero-order chi connectivity index (χ0) is 18.6. The van der Waals surface area contributed by atoms with Crippen molar-refractivity contribution in [2.45, 2.75) is 37.4 Å². The van der Waals surface area contributed by atoms with E-state index >= 15 is 0 Å². The van der Waals surface area contributed by atoms with Gasteiger partial charge in [-0.2, -0.15) is 0 Å². The first-order chi connectivity index (χ1) is 13.9. The second kappa shape index (κ2) is 6.80. The fourth-order valence-corrected chi connectivity index (χ4v) is 6.44. The molecule has 6 rings (SSSR count). The van der Waals surface area contributed by atoms with Crippen LogP contribution in [0, 0.1) is 5.92 Å². The maximum absolute atomic E-state index is 5.74. The molecular formula is C22H30N4O2. The highest BCUT2D eigenvalue weighted by molar-refractivity contribution is 5.77. The average Bonchev–Trinajstić information content (AvgIpc) is 3.28. The SMILES string of the molecule is c1ccc2c(c1)nc1n2[C@]2(N3CCOCC3)CCCC[C@@H]2[C@H]1N1CCOCC1. The van der Waals surface area contributed by atoms with Gasteiger partial charge >= 0.3 is 0 Å². The molecule has 3 atom stereocenters. The molecule has 3 fully saturated rings. The van der Waals surface area contributed by atoms with Gasteiger partial charge in [-0.15, -0.1) is 0 Å². The second-order valence-electron chi connectivity index (χ2n) is 8.72. The van der Waals surface area contributed by atoms with Crippen molar-refractivity contribution in [1.82, 2.24) is 19.4 Å². The van der Waals surface area contributed by atoms with Crippen LogP contribution < -0.4 is 0 Å². The third-order valence-electron chi connectivity index (χ3n) is 7.52. The van der Waals surface area contributed by atoms with E-state index in [0.717, 1.165) is 58.1 Å². The van der Waals surface area contributed by atoms with Crippen LogP contribution in [-0.4, -0.2) is 72.0 Å². The van der Waals surface area contributed by atoms with Crippen molar-refractivity contribution < 1.29 is 9.47 Å². The van der Waals surface area contributed by atoms with Crippen LogP contribution in [0.15, 0.2) is 24.3 Å². The van der Waals surface area contributed by atoms with Crippen molar-refractivity contribution >= 4 is 11.0 Å². The number of hydrogen-bond acceptors (Lipinski definition) is 5. The van der Waals surface area contributed by atoms with Crippen LogP contribution >= 0.6 is 0 Å². The molecule has 1 saturated carbocycles. The number of fused-ring (bicyclic) bond motifs is 5. The summed E-state index contributed by atoms with van der Waals surface area (Å²) < 4.78 is 14.1. The molecule has 6 heteroatoms. The molecule has 4 heterocycles. The molecule has 0 amide bonds. The first kappa shape index (κ1) is 17.4. The van der Waals surface area contributed by atoms with Crippen LogP contribution in [0.1, 0.15) is 37.5 Å². The fraction of sp³-hybridized carbons (Fsp3) is 0.682. The molecule has 2 aromatic rings. The smallest absolute Gasteiger partial charge is 0.129 e. The average molecular weight is 383 g/mol. The highest BCUT2D eigenvalue weighted by Gasteiger charge is 2.59. The lowest BCUT2D eigenvalue weighted by atomic mass is 9.75. The van der Waals surface area contributed by atoms with Crippen LogP contribution in [-0.2, 0) is 15.1 Å². The van der Waals surface area contributed by atoms with E-state index in [4.69, 9.17) is 14.5 Å². The number of ether oxygens (including phenoxy) is 2. The third-order valence-corrected chi connectivity index (χ3v) is 7.52. The quantitative estimate of drug-likeness (QED) is 0.799. The second-order valence-corrected chi connectivity index (χ2v) is 8.72. The summed E-state index contributed by atoms with van der Waals surface area (Å²) in [6.45, 7) is 7.46. The summed E-state index contributed by atoms with van der Waals surface area (Å²) in [7, 11) is 0. The van der Waals surface area contributed by atoms with Gasteiger partial charge < -0.3 is 14.0 Å². The molecule has 0 bridgehead atoms. The van der Waals surface area contributed by atoms with Gasteiger partial charge in [0.15, 0.2) is 0 Å². The molecule has 1 aromatic heterocycles. The van der Waals surface area contributed by atoms with E-state index in [9.17, 15) is 0 Å². The van der Waals surface area contributed by atoms with E-state index in [1.54, 1.807) is 0 Å². The summed E-state index contributed by atoms with van der Waals surface area (Å²) in [5.41, 5.74) is 2.51. The number of aromatic nitrogens is 2. The van der Waals surface area contributed by atoms with Crippen LogP contribution in [0.2, 0.25) is 0 Å². The third kappa shape index (κ3) is 2.38. The lowest BCUT2D eigenvalue weighted by Crippen LogP contribution is -2.59. The first-order valence-electron chi connectivity index (χ1n) is 11.0. The van der Waals surface area contributed by atoms with E-state index in [0.29, 0.717) is 12.0 Å². The van der Waals surface area contributed by atoms with Gasteiger partial charge in [-0.3, -0.25) is 9.80 Å². The molecule has 0 unspecified atom stereocenters. The van der Waals surface area contributed by atoms with Crippen molar-refractivity contribution in [2.24, 2.45) is 5.92 Å². The Hall–Kier alpha value is -1.47. The molecule has 4 aliphatic rings. The predicted molar refractivity (Wildman–Crippen MR) is 107 cm³/mol. The molecule has 1 aliphatic carbocycles. The van der Waals surface area contributed by atoms with E-state index in [1.165, 1.54) is 37.0 Å². The highest BCUT2D eigenvalue weighted by atomic mass is 16.5. The number of morpholine rings is 2. The fourth-order valence-electron chi connectivity index (χ4n) is 6.44. The number of para-hydroxylation sites is 2. The lowest BCUT2D eigenvalue weighted by molar-refractivity contribution is -0.112. The molecule has 150 valence electrons. The Bertz CT molecular complexity index is 855. The Balaban J connectivity index is 1.56. The normalized spacial score (nSPS) is 34.4. The minimum absolute atomic E-state index is 0.0520. The minimum Gasteiger partial charge on any atom is -0.379 e. The Morgan fingerprint density at radius 1 is 0.929 bits per heavy atom.